The second-order valence-electron chi connectivity index (χ2n) is 4.86. The third kappa shape index (κ3) is 3.55. The van der Waals surface area contributed by atoms with Crippen LogP contribution in [0.3, 0.4) is 0 Å². The molecule has 1 N–H and O–H groups in total. The molecular formula is C15H18N2O2. The van der Waals surface area contributed by atoms with Crippen LogP contribution in [0.15, 0.2) is 24.3 Å². The zero-order valence-electron chi connectivity index (χ0n) is 11.1. The van der Waals surface area contributed by atoms with Gasteiger partial charge in [-0.2, -0.15) is 5.26 Å². The van der Waals surface area contributed by atoms with Crippen LogP contribution in [0.4, 0.5) is 0 Å². The van der Waals surface area contributed by atoms with Gasteiger partial charge in [0.15, 0.2) is 0 Å². The average Bonchev–Trinajstić information content (AvgIpc) is 2.86. The lowest BCUT2D eigenvalue weighted by Crippen LogP contribution is -2.41. The highest BCUT2D eigenvalue weighted by Gasteiger charge is 2.28. The lowest BCUT2D eigenvalue weighted by molar-refractivity contribution is -0.121. The van der Waals surface area contributed by atoms with E-state index in [1.54, 1.807) is 19.2 Å². The predicted molar refractivity (Wildman–Crippen MR) is 71.4 cm³/mol. The molecule has 0 aliphatic heterocycles. The van der Waals surface area contributed by atoms with Gasteiger partial charge in [0.2, 0.25) is 5.91 Å². The quantitative estimate of drug-likeness (QED) is 0.895. The molecule has 1 aromatic rings. The fourth-order valence-corrected chi connectivity index (χ4v) is 2.51. The Bertz CT molecular complexity index is 476. The van der Waals surface area contributed by atoms with Crippen LogP contribution in [0.2, 0.25) is 0 Å². The van der Waals surface area contributed by atoms with Gasteiger partial charge in [0.1, 0.15) is 0 Å². The maximum Gasteiger partial charge on any atom is 0.224 e. The third-order valence-corrected chi connectivity index (χ3v) is 3.55. The highest BCUT2D eigenvalue weighted by molar-refractivity contribution is 5.79. The maximum absolute atomic E-state index is 12.0. The molecule has 2 atom stereocenters. The molecule has 1 amide bonds. The van der Waals surface area contributed by atoms with Gasteiger partial charge < -0.3 is 10.1 Å². The molecule has 19 heavy (non-hydrogen) atoms. The van der Waals surface area contributed by atoms with Crippen LogP contribution in [0, 0.1) is 11.3 Å². The number of carbonyl (C=O) groups is 1. The molecule has 4 nitrogen and oxygen atoms in total. The zero-order valence-corrected chi connectivity index (χ0v) is 11.1. The number of benzene rings is 1. The van der Waals surface area contributed by atoms with Crippen molar-refractivity contribution < 1.29 is 9.53 Å². The van der Waals surface area contributed by atoms with Crippen molar-refractivity contribution in [1.82, 2.24) is 5.32 Å². The van der Waals surface area contributed by atoms with Crippen molar-refractivity contribution >= 4 is 5.91 Å². The Morgan fingerprint density at radius 1 is 1.42 bits per heavy atom. The largest absolute Gasteiger partial charge is 0.379 e. The fraction of sp³-hybridized carbons (Fsp3) is 0.467. The third-order valence-electron chi connectivity index (χ3n) is 3.55. The topological polar surface area (TPSA) is 62.1 Å². The first-order valence-corrected chi connectivity index (χ1v) is 6.54. The molecule has 4 heteroatoms. The van der Waals surface area contributed by atoms with E-state index in [2.05, 4.69) is 11.4 Å². The molecule has 0 spiro atoms. The molecule has 1 aromatic carbocycles. The van der Waals surface area contributed by atoms with Gasteiger partial charge >= 0.3 is 0 Å². The number of hydrogen-bond acceptors (Lipinski definition) is 3. The molecule has 0 bridgehead atoms. The normalized spacial score (nSPS) is 21.9. The Kier molecular flexibility index (Phi) is 4.53. The zero-order chi connectivity index (χ0) is 13.7. The molecule has 0 radical (unpaired) electrons. The summed E-state index contributed by atoms with van der Waals surface area (Å²) in [4.78, 5) is 12.0. The first-order valence-electron chi connectivity index (χ1n) is 6.54. The first kappa shape index (κ1) is 13.6. The first-order chi connectivity index (χ1) is 9.22. The minimum atomic E-state index is 0.0126. The van der Waals surface area contributed by atoms with Crippen molar-refractivity contribution in [3.05, 3.63) is 35.4 Å². The average molecular weight is 258 g/mol. The lowest BCUT2D eigenvalue weighted by atomic mass is 10.1. The fourth-order valence-electron chi connectivity index (χ4n) is 2.51. The number of carbonyl (C=O) groups excluding carboxylic acids is 1. The summed E-state index contributed by atoms with van der Waals surface area (Å²) in [6.07, 6.45) is 3.58. The van der Waals surface area contributed by atoms with Crippen molar-refractivity contribution in [2.24, 2.45) is 0 Å². The van der Waals surface area contributed by atoms with Gasteiger partial charge in [-0.05, 0) is 37.0 Å². The number of nitriles is 1. The molecular weight excluding hydrogens is 240 g/mol. The van der Waals surface area contributed by atoms with Crippen LogP contribution in [0.1, 0.15) is 30.4 Å². The minimum absolute atomic E-state index is 0.0126. The van der Waals surface area contributed by atoms with E-state index in [9.17, 15) is 4.79 Å². The number of ether oxygens (including phenoxy) is 1. The van der Waals surface area contributed by atoms with E-state index < -0.39 is 0 Å². The molecule has 0 heterocycles. The van der Waals surface area contributed by atoms with Gasteiger partial charge in [-0.15, -0.1) is 0 Å². The van der Waals surface area contributed by atoms with E-state index in [4.69, 9.17) is 10.00 Å². The lowest BCUT2D eigenvalue weighted by Gasteiger charge is -2.19. The molecule has 2 rings (SSSR count). The maximum atomic E-state index is 12.0. The Morgan fingerprint density at radius 2 is 2.16 bits per heavy atom. The number of amides is 1. The van der Waals surface area contributed by atoms with Crippen LogP contribution in [0.25, 0.3) is 0 Å². The van der Waals surface area contributed by atoms with Crippen LogP contribution in [0.5, 0.6) is 0 Å². The van der Waals surface area contributed by atoms with Crippen molar-refractivity contribution in [2.75, 3.05) is 7.11 Å². The molecule has 0 saturated heterocycles. The van der Waals surface area contributed by atoms with Crippen LogP contribution in [-0.4, -0.2) is 25.2 Å². The Morgan fingerprint density at radius 3 is 2.79 bits per heavy atom. The van der Waals surface area contributed by atoms with E-state index in [1.165, 1.54) is 0 Å². The van der Waals surface area contributed by atoms with E-state index in [0.29, 0.717) is 12.0 Å². The van der Waals surface area contributed by atoms with Gasteiger partial charge in [-0.25, -0.2) is 0 Å². The monoisotopic (exact) mass is 258 g/mol. The smallest absolute Gasteiger partial charge is 0.224 e. The summed E-state index contributed by atoms with van der Waals surface area (Å²) >= 11 is 0. The van der Waals surface area contributed by atoms with Gasteiger partial charge in [-0.3, -0.25) is 4.79 Å². The second-order valence-corrected chi connectivity index (χ2v) is 4.86. The van der Waals surface area contributed by atoms with Gasteiger partial charge in [0.05, 0.1) is 30.2 Å². The van der Waals surface area contributed by atoms with E-state index in [-0.39, 0.29) is 18.1 Å². The van der Waals surface area contributed by atoms with E-state index in [1.807, 2.05) is 12.1 Å². The van der Waals surface area contributed by atoms with Crippen LogP contribution >= 0.6 is 0 Å². The highest BCUT2D eigenvalue weighted by Crippen LogP contribution is 2.21. The summed E-state index contributed by atoms with van der Waals surface area (Å²) in [5.41, 5.74) is 1.53. The molecule has 1 saturated carbocycles. The summed E-state index contributed by atoms with van der Waals surface area (Å²) in [6.45, 7) is 0. The Balaban J connectivity index is 1.88. The van der Waals surface area contributed by atoms with Crippen LogP contribution < -0.4 is 5.32 Å². The summed E-state index contributed by atoms with van der Waals surface area (Å²) in [5.74, 6) is 0.0126. The summed E-state index contributed by atoms with van der Waals surface area (Å²) < 4.78 is 5.35. The number of nitrogens with one attached hydrogen (secondary N) is 1. The van der Waals surface area contributed by atoms with Gasteiger partial charge in [-0.1, -0.05) is 12.1 Å². The Hall–Kier alpha value is -1.86. The molecule has 2 unspecified atom stereocenters. The Labute approximate surface area is 113 Å². The van der Waals surface area contributed by atoms with Crippen molar-refractivity contribution in [2.45, 2.75) is 37.8 Å². The molecule has 1 aliphatic rings. The summed E-state index contributed by atoms with van der Waals surface area (Å²) in [6, 6.07) is 9.30. The number of hydrogen-bond donors (Lipinski definition) is 1. The molecule has 100 valence electrons. The second kappa shape index (κ2) is 6.35. The number of rotatable bonds is 4. The predicted octanol–water partition coefficient (Wildman–Crippen LogP) is 1.78. The summed E-state index contributed by atoms with van der Waals surface area (Å²) in [5, 5.41) is 11.7. The standard InChI is InChI=1S/C15H18N2O2/c1-19-14-4-2-3-13(14)17-15(18)9-11-5-7-12(10-16)8-6-11/h5-8,13-14H,2-4,9H2,1H3,(H,17,18). The van der Waals surface area contributed by atoms with E-state index >= 15 is 0 Å². The summed E-state index contributed by atoms with van der Waals surface area (Å²) in [7, 11) is 1.69. The van der Waals surface area contributed by atoms with Crippen molar-refractivity contribution in [3.8, 4) is 6.07 Å². The molecule has 1 fully saturated rings. The molecule has 0 aromatic heterocycles. The van der Waals surface area contributed by atoms with E-state index in [0.717, 1.165) is 24.8 Å². The van der Waals surface area contributed by atoms with Gasteiger partial charge in [0.25, 0.3) is 0 Å². The SMILES string of the molecule is COC1CCCC1NC(=O)Cc1ccc(C#N)cc1. The minimum Gasteiger partial charge on any atom is -0.379 e. The highest BCUT2D eigenvalue weighted by atomic mass is 16.5. The van der Waals surface area contributed by atoms with Crippen LogP contribution in [-0.2, 0) is 16.0 Å². The number of methoxy groups -OCH3 is 1. The number of nitrogens with zero attached hydrogens (tertiary/aromatic N) is 1. The van der Waals surface area contributed by atoms with Gasteiger partial charge in [0, 0.05) is 7.11 Å². The van der Waals surface area contributed by atoms with Crippen molar-refractivity contribution in [1.29, 1.82) is 5.26 Å². The van der Waals surface area contributed by atoms with Crippen molar-refractivity contribution in [3.63, 3.8) is 0 Å². The molecule has 1 aliphatic carbocycles.